The average Bonchev–Trinajstić information content (AvgIpc) is 3.63. The van der Waals surface area contributed by atoms with Gasteiger partial charge in [-0.2, -0.15) is 5.10 Å². The second-order valence-corrected chi connectivity index (χ2v) is 12.1. The molecule has 2 aliphatic rings. The number of aryl methyl sites for hydroxylation is 3. The highest BCUT2D eigenvalue weighted by Crippen LogP contribution is 2.35. The molecule has 214 valence electrons. The number of carbonyl (C=O) groups excluding carboxylic acids is 1. The topological polar surface area (TPSA) is 83.0 Å². The number of piperidine rings is 1. The molecular weight excluding hydrogens is 510 g/mol. The molecule has 2 aromatic heterocycles. The van der Waals surface area contributed by atoms with E-state index in [0.717, 1.165) is 52.7 Å². The van der Waals surface area contributed by atoms with Crippen LogP contribution in [-0.2, 0) is 13.1 Å². The van der Waals surface area contributed by atoms with Crippen LogP contribution < -0.4 is 10.9 Å². The minimum Gasteiger partial charge on any atom is -0.348 e. The molecule has 1 aliphatic heterocycles. The molecule has 1 saturated carbocycles. The van der Waals surface area contributed by atoms with E-state index in [4.69, 9.17) is 5.10 Å². The van der Waals surface area contributed by atoms with E-state index in [-0.39, 0.29) is 18.0 Å². The van der Waals surface area contributed by atoms with Crippen molar-refractivity contribution in [1.82, 2.24) is 25.0 Å². The molecule has 0 spiro atoms. The van der Waals surface area contributed by atoms with Gasteiger partial charge in [-0.3, -0.25) is 19.2 Å². The highest BCUT2D eigenvalue weighted by molar-refractivity contribution is 6.08. The zero-order valence-corrected chi connectivity index (χ0v) is 24.6. The molecule has 2 N–H and O–H groups in total. The maximum absolute atomic E-state index is 13.7. The Labute approximate surface area is 242 Å². The van der Waals surface area contributed by atoms with E-state index in [1.54, 1.807) is 0 Å². The van der Waals surface area contributed by atoms with Gasteiger partial charge in [0.15, 0.2) is 0 Å². The molecule has 7 nitrogen and oxygen atoms in total. The molecule has 0 bridgehead atoms. The van der Waals surface area contributed by atoms with Crippen molar-refractivity contribution in [1.29, 1.82) is 0 Å². The van der Waals surface area contributed by atoms with Crippen LogP contribution in [0.25, 0.3) is 22.0 Å². The number of likely N-dealkylation sites (tertiary alicyclic amines) is 1. The summed E-state index contributed by atoms with van der Waals surface area (Å²) in [4.78, 5) is 31.7. The van der Waals surface area contributed by atoms with Crippen LogP contribution in [0.2, 0.25) is 0 Å². The SMILES string of the molecule is Cc1cc(C)c(CNC(=O)c2cc(-c3ccc(CN4CCCCC4)cc3C)cc3c2cnn3C2CCCC2)c(=O)[nH]1. The van der Waals surface area contributed by atoms with Crippen LogP contribution in [-0.4, -0.2) is 38.7 Å². The second-order valence-electron chi connectivity index (χ2n) is 12.1. The number of fused-ring (bicyclic) bond motifs is 1. The first-order chi connectivity index (χ1) is 19.9. The second kappa shape index (κ2) is 11.6. The fraction of sp³-hybridized carbons (Fsp3) is 0.441. The summed E-state index contributed by atoms with van der Waals surface area (Å²) in [7, 11) is 0. The number of hydrogen-bond acceptors (Lipinski definition) is 4. The van der Waals surface area contributed by atoms with E-state index in [1.165, 1.54) is 56.3 Å². The van der Waals surface area contributed by atoms with Crippen molar-refractivity contribution < 1.29 is 4.79 Å². The van der Waals surface area contributed by atoms with E-state index >= 15 is 0 Å². The summed E-state index contributed by atoms with van der Waals surface area (Å²) >= 11 is 0. The zero-order valence-electron chi connectivity index (χ0n) is 24.6. The molecule has 1 amide bonds. The van der Waals surface area contributed by atoms with Crippen LogP contribution in [0.5, 0.6) is 0 Å². The lowest BCUT2D eigenvalue weighted by atomic mass is 9.95. The molecule has 4 aromatic rings. The van der Waals surface area contributed by atoms with Crippen molar-refractivity contribution in [2.75, 3.05) is 13.1 Å². The van der Waals surface area contributed by atoms with Crippen molar-refractivity contribution >= 4 is 16.8 Å². The van der Waals surface area contributed by atoms with Gasteiger partial charge < -0.3 is 10.3 Å². The Bertz CT molecular complexity index is 1640. The summed E-state index contributed by atoms with van der Waals surface area (Å²) in [5.41, 5.74) is 8.41. The molecule has 0 atom stereocenters. The first-order valence-corrected chi connectivity index (χ1v) is 15.2. The zero-order chi connectivity index (χ0) is 28.5. The van der Waals surface area contributed by atoms with Gasteiger partial charge in [0.05, 0.1) is 23.3 Å². The Morgan fingerprint density at radius 2 is 1.76 bits per heavy atom. The maximum atomic E-state index is 13.7. The van der Waals surface area contributed by atoms with E-state index in [0.29, 0.717) is 17.2 Å². The molecule has 7 heteroatoms. The summed E-state index contributed by atoms with van der Waals surface area (Å²) in [6.45, 7) is 9.45. The van der Waals surface area contributed by atoms with E-state index in [9.17, 15) is 9.59 Å². The Hall–Kier alpha value is -3.71. The number of rotatable bonds is 7. The molecule has 2 aromatic carbocycles. The third kappa shape index (κ3) is 5.73. The van der Waals surface area contributed by atoms with Gasteiger partial charge in [-0.25, -0.2) is 0 Å². The van der Waals surface area contributed by atoms with Gasteiger partial charge in [-0.1, -0.05) is 37.5 Å². The lowest BCUT2D eigenvalue weighted by Crippen LogP contribution is -2.29. The average molecular weight is 552 g/mol. The molecular formula is C34H41N5O2. The van der Waals surface area contributed by atoms with Crippen molar-refractivity contribution in [3.8, 4) is 11.1 Å². The number of benzene rings is 2. The minimum absolute atomic E-state index is 0.156. The van der Waals surface area contributed by atoms with Gasteiger partial charge in [0.1, 0.15) is 0 Å². The molecule has 41 heavy (non-hydrogen) atoms. The lowest BCUT2D eigenvalue weighted by Gasteiger charge is -2.26. The number of amides is 1. The van der Waals surface area contributed by atoms with E-state index in [1.807, 2.05) is 32.2 Å². The number of aromatic amines is 1. The Morgan fingerprint density at radius 1 is 0.976 bits per heavy atom. The number of pyridine rings is 1. The van der Waals surface area contributed by atoms with Crippen molar-refractivity contribution in [3.05, 3.63) is 86.5 Å². The number of aromatic nitrogens is 3. The van der Waals surface area contributed by atoms with Crippen molar-refractivity contribution in [2.24, 2.45) is 0 Å². The molecule has 6 rings (SSSR count). The minimum atomic E-state index is -0.193. The van der Waals surface area contributed by atoms with Crippen molar-refractivity contribution in [2.45, 2.75) is 84.8 Å². The summed E-state index contributed by atoms with van der Waals surface area (Å²) in [5, 5.41) is 8.68. The third-order valence-corrected chi connectivity index (χ3v) is 9.01. The van der Waals surface area contributed by atoms with Gasteiger partial charge in [0.2, 0.25) is 0 Å². The highest BCUT2D eigenvalue weighted by atomic mass is 16.1. The predicted octanol–water partition coefficient (Wildman–Crippen LogP) is 6.35. The fourth-order valence-electron chi connectivity index (χ4n) is 6.82. The van der Waals surface area contributed by atoms with Gasteiger partial charge in [-0.15, -0.1) is 0 Å². The first-order valence-electron chi connectivity index (χ1n) is 15.2. The van der Waals surface area contributed by atoms with Crippen LogP contribution in [0.15, 0.2) is 47.4 Å². The molecule has 3 heterocycles. The molecule has 2 fully saturated rings. The lowest BCUT2D eigenvalue weighted by molar-refractivity contribution is 0.0952. The van der Waals surface area contributed by atoms with E-state index in [2.05, 4.69) is 51.1 Å². The Kier molecular flexibility index (Phi) is 7.80. The van der Waals surface area contributed by atoms with E-state index < -0.39 is 0 Å². The summed E-state index contributed by atoms with van der Waals surface area (Å²) in [5.74, 6) is -0.193. The third-order valence-electron chi connectivity index (χ3n) is 9.01. The summed E-state index contributed by atoms with van der Waals surface area (Å²) < 4.78 is 2.14. The number of nitrogens with one attached hydrogen (secondary N) is 2. The van der Waals surface area contributed by atoms with Crippen LogP contribution in [0.3, 0.4) is 0 Å². The highest BCUT2D eigenvalue weighted by Gasteiger charge is 2.23. The molecule has 1 aliphatic carbocycles. The number of carbonyl (C=O) groups is 1. The van der Waals surface area contributed by atoms with Crippen LogP contribution in [0.1, 0.15) is 89.3 Å². The molecule has 0 radical (unpaired) electrons. The van der Waals surface area contributed by atoms with Gasteiger partial charge in [0, 0.05) is 29.7 Å². The number of H-pyrrole nitrogens is 1. The summed E-state index contributed by atoms with van der Waals surface area (Å²) in [6.07, 6.45) is 10.4. The maximum Gasteiger partial charge on any atom is 0.253 e. The molecule has 0 unspecified atom stereocenters. The number of nitrogens with zero attached hydrogens (tertiary/aromatic N) is 3. The normalized spacial score (nSPS) is 16.5. The van der Waals surface area contributed by atoms with Crippen LogP contribution in [0.4, 0.5) is 0 Å². The fourth-order valence-corrected chi connectivity index (χ4v) is 6.82. The predicted molar refractivity (Wildman–Crippen MR) is 164 cm³/mol. The first kappa shape index (κ1) is 27.5. The van der Waals surface area contributed by atoms with Gasteiger partial charge in [0.25, 0.3) is 11.5 Å². The van der Waals surface area contributed by atoms with Crippen LogP contribution >= 0.6 is 0 Å². The largest absolute Gasteiger partial charge is 0.348 e. The Morgan fingerprint density at radius 3 is 2.49 bits per heavy atom. The van der Waals surface area contributed by atoms with Gasteiger partial charge >= 0.3 is 0 Å². The summed E-state index contributed by atoms with van der Waals surface area (Å²) in [6, 6.07) is 13.3. The standard InChI is InChI=1S/C34H41N5O2/c1-22-15-24(3)37-34(41)30(22)19-35-33(40)29-17-26(18-32-31(29)20-36-39(32)27-9-5-6-10-27)28-12-11-25(16-23(28)2)21-38-13-7-4-8-14-38/h11-12,15-18,20,27H,4-10,13-14,19,21H2,1-3H3,(H,35,40)(H,37,41). The van der Waals surface area contributed by atoms with Gasteiger partial charge in [-0.05, 0) is 106 Å². The molecule has 1 saturated heterocycles. The number of hydrogen-bond donors (Lipinski definition) is 2. The monoisotopic (exact) mass is 551 g/mol. The van der Waals surface area contributed by atoms with Crippen LogP contribution in [0, 0.1) is 20.8 Å². The quantitative estimate of drug-likeness (QED) is 0.280. The smallest absolute Gasteiger partial charge is 0.253 e. The Balaban J connectivity index is 1.35. The van der Waals surface area contributed by atoms with Crippen molar-refractivity contribution in [3.63, 3.8) is 0 Å².